The average Bonchev–Trinajstić information content (AvgIpc) is 3.73. The number of amides is 1. The summed E-state index contributed by atoms with van der Waals surface area (Å²) in [5.41, 5.74) is 4.90. The number of halogens is 2. The molecule has 4 aromatic rings. The number of anilines is 1. The number of pyridine rings is 1. The summed E-state index contributed by atoms with van der Waals surface area (Å²) in [6, 6.07) is 8.07. The highest BCUT2D eigenvalue weighted by Crippen LogP contribution is 2.66. The lowest BCUT2D eigenvalue weighted by molar-refractivity contribution is 0.000925. The number of hydrogen-bond acceptors (Lipinski definition) is 9. The molecule has 5 aliphatic heterocycles. The Morgan fingerprint density at radius 3 is 2.41 bits per heavy atom. The highest BCUT2D eigenvalue weighted by molar-refractivity contribution is 6.90. The van der Waals surface area contributed by atoms with Crippen molar-refractivity contribution in [1.29, 1.82) is 0 Å². The van der Waals surface area contributed by atoms with Gasteiger partial charge in [-0.3, -0.25) is 9.80 Å². The maximum absolute atomic E-state index is 18.1. The second kappa shape index (κ2) is 15.3. The lowest BCUT2D eigenvalue weighted by Crippen LogP contribution is -2.65. The number of aromatic nitrogens is 3. The lowest BCUT2D eigenvalue weighted by atomic mass is 9.81. The highest BCUT2D eigenvalue weighted by Gasteiger charge is 2.67. The van der Waals surface area contributed by atoms with E-state index < -0.39 is 31.4 Å². The fourth-order valence-corrected chi connectivity index (χ4v) is 18.6. The molecule has 0 N–H and O–H groups in total. The first-order valence-corrected chi connectivity index (χ1v) is 26.1. The number of benzene rings is 2. The van der Waals surface area contributed by atoms with Gasteiger partial charge in [0, 0.05) is 17.5 Å². The van der Waals surface area contributed by atoms with Crippen molar-refractivity contribution in [3.8, 4) is 34.6 Å². The topological polar surface area (TPSA) is 93.2 Å². The van der Waals surface area contributed by atoms with E-state index in [0.717, 1.165) is 44.2 Å². The van der Waals surface area contributed by atoms with E-state index in [9.17, 15) is 4.79 Å². The van der Waals surface area contributed by atoms with Crippen molar-refractivity contribution in [3.63, 3.8) is 0 Å². The molecule has 1 saturated carbocycles. The fourth-order valence-electron chi connectivity index (χ4n) is 13.3. The summed E-state index contributed by atoms with van der Waals surface area (Å²) in [7, 11) is -2.28. The molecule has 64 heavy (non-hydrogen) atoms. The van der Waals surface area contributed by atoms with Crippen molar-refractivity contribution in [3.05, 3.63) is 47.5 Å². The molecule has 2 aromatic heterocycles. The van der Waals surface area contributed by atoms with Gasteiger partial charge < -0.3 is 19.1 Å². The fraction of sp³-hybridized carbons (Fsp3) is 0.608. The largest absolute Gasteiger partial charge is 0.472 e. The molecule has 13 heteroatoms. The Labute approximate surface area is 377 Å². The third kappa shape index (κ3) is 6.53. The minimum atomic E-state index is -2.28. The SMILES string of the molecule is CC(C)[Si](C#Cc1c(F)ccc2cccc(-c3nc4c5c(nc(OCC67CCCN6CCC76CC6)nc5c3F)N3C[C@H]5CC[C@@H]([C@H]3[C@H](C)O4)N5C(=O)OC(C)(C)C)c12)(C(C)C)C(C)C. The first-order valence-electron chi connectivity index (χ1n) is 23.9. The van der Waals surface area contributed by atoms with Crippen molar-refractivity contribution in [2.24, 2.45) is 5.41 Å². The van der Waals surface area contributed by atoms with Crippen molar-refractivity contribution in [1.82, 2.24) is 24.8 Å². The third-order valence-electron chi connectivity index (χ3n) is 16.4. The van der Waals surface area contributed by atoms with Gasteiger partial charge in [-0.15, -0.1) is 5.54 Å². The molecule has 6 aliphatic rings. The predicted octanol–water partition coefficient (Wildman–Crippen LogP) is 10.8. The minimum absolute atomic E-state index is 0.00491. The molecule has 1 unspecified atom stereocenters. The average molecular weight is 891 g/mol. The lowest BCUT2D eigenvalue weighted by Gasteiger charge is -2.48. The van der Waals surface area contributed by atoms with Crippen molar-refractivity contribution in [2.75, 3.05) is 31.1 Å². The smallest absolute Gasteiger partial charge is 0.410 e. The van der Waals surface area contributed by atoms with Crippen molar-refractivity contribution < 1.29 is 27.8 Å². The van der Waals surface area contributed by atoms with E-state index in [-0.39, 0.29) is 63.8 Å². The van der Waals surface area contributed by atoms with Crippen LogP contribution >= 0.6 is 0 Å². The molecule has 5 atom stereocenters. The highest BCUT2D eigenvalue weighted by atomic mass is 28.3. The summed E-state index contributed by atoms with van der Waals surface area (Å²) in [4.78, 5) is 35.7. The Hall–Kier alpha value is -4.54. The molecule has 10 nitrogen and oxygen atoms in total. The molecular weight excluding hydrogens is 827 g/mol. The molecular formula is C51H64F2N6O4Si. The van der Waals surface area contributed by atoms with Crippen LogP contribution in [0.25, 0.3) is 32.9 Å². The Morgan fingerprint density at radius 1 is 0.953 bits per heavy atom. The number of hydrogen-bond donors (Lipinski definition) is 0. The van der Waals surface area contributed by atoms with Crippen LogP contribution < -0.4 is 14.4 Å². The first kappa shape index (κ1) is 43.4. The van der Waals surface area contributed by atoms with Crippen LogP contribution in [0.5, 0.6) is 11.9 Å². The molecule has 340 valence electrons. The molecule has 0 radical (unpaired) electrons. The second-order valence-electron chi connectivity index (χ2n) is 21.7. The number of rotatable bonds is 7. The van der Waals surface area contributed by atoms with Crippen LogP contribution in [0.2, 0.25) is 16.6 Å². The molecule has 1 spiro atoms. The van der Waals surface area contributed by atoms with Crippen LogP contribution in [0.15, 0.2) is 30.3 Å². The minimum Gasteiger partial charge on any atom is -0.472 e. The Balaban J connectivity index is 1.15. The van der Waals surface area contributed by atoms with E-state index in [1.807, 2.05) is 44.7 Å². The van der Waals surface area contributed by atoms with Crippen LogP contribution in [0.3, 0.4) is 0 Å². The van der Waals surface area contributed by atoms with Gasteiger partial charge in [0.05, 0.1) is 29.2 Å². The van der Waals surface area contributed by atoms with Gasteiger partial charge in [0.1, 0.15) is 54.6 Å². The monoisotopic (exact) mass is 890 g/mol. The van der Waals surface area contributed by atoms with E-state index in [1.54, 1.807) is 12.1 Å². The van der Waals surface area contributed by atoms with E-state index in [0.29, 0.717) is 51.9 Å². The Morgan fingerprint density at radius 2 is 1.70 bits per heavy atom. The summed E-state index contributed by atoms with van der Waals surface area (Å²) < 4.78 is 54.1. The molecule has 5 fully saturated rings. The normalized spacial score (nSPS) is 25.8. The summed E-state index contributed by atoms with van der Waals surface area (Å²) >= 11 is 0. The van der Waals surface area contributed by atoms with Gasteiger partial charge in [-0.05, 0) is 119 Å². The molecule has 10 rings (SSSR count). The van der Waals surface area contributed by atoms with Crippen molar-refractivity contribution in [2.45, 2.75) is 166 Å². The maximum atomic E-state index is 18.1. The molecule has 1 aliphatic carbocycles. The van der Waals surface area contributed by atoms with Gasteiger partial charge in [-0.2, -0.15) is 9.97 Å². The van der Waals surface area contributed by atoms with Gasteiger partial charge >= 0.3 is 12.1 Å². The maximum Gasteiger partial charge on any atom is 0.410 e. The number of nitrogens with zero attached hydrogens (tertiary/aromatic N) is 6. The van der Waals surface area contributed by atoms with Gasteiger partial charge in [0.25, 0.3) is 0 Å². The molecule has 2 aromatic carbocycles. The summed E-state index contributed by atoms with van der Waals surface area (Å²) in [6.45, 7) is 24.0. The number of carbonyl (C=O) groups is 1. The quantitative estimate of drug-likeness (QED) is 0.133. The van der Waals surface area contributed by atoms with Gasteiger partial charge in [0.15, 0.2) is 5.82 Å². The zero-order chi connectivity index (χ0) is 45.2. The number of carbonyl (C=O) groups excluding carboxylic acids is 1. The summed E-state index contributed by atoms with van der Waals surface area (Å²) in [5.74, 6) is 2.94. The zero-order valence-electron chi connectivity index (χ0n) is 39.3. The molecule has 1 amide bonds. The zero-order valence-corrected chi connectivity index (χ0v) is 40.3. The number of piperazine rings is 1. The first-order chi connectivity index (χ1) is 30.4. The van der Waals surface area contributed by atoms with Crippen LogP contribution in [-0.2, 0) is 4.74 Å². The summed E-state index contributed by atoms with van der Waals surface area (Å²) in [5, 5.41) is 1.59. The van der Waals surface area contributed by atoms with E-state index in [4.69, 9.17) is 29.2 Å². The number of ether oxygens (including phenoxy) is 3. The van der Waals surface area contributed by atoms with Crippen LogP contribution in [0.1, 0.15) is 120 Å². The van der Waals surface area contributed by atoms with Gasteiger partial charge in [0.2, 0.25) is 5.88 Å². The molecule has 4 saturated heterocycles. The molecule has 2 bridgehead atoms. The van der Waals surface area contributed by atoms with Gasteiger partial charge in [-0.25, -0.2) is 18.6 Å². The van der Waals surface area contributed by atoms with Crippen molar-refractivity contribution >= 4 is 41.7 Å². The number of fused-ring (bicyclic) bond motifs is 8. The predicted molar refractivity (Wildman–Crippen MR) is 250 cm³/mol. The Kier molecular flexibility index (Phi) is 10.3. The summed E-state index contributed by atoms with van der Waals surface area (Å²) in [6.07, 6.45) is 6.42. The van der Waals surface area contributed by atoms with Crippen LogP contribution in [0.4, 0.5) is 19.4 Å². The Bertz CT molecular complexity index is 2600. The second-order valence-corrected chi connectivity index (χ2v) is 27.3. The van der Waals surface area contributed by atoms with Gasteiger partial charge in [-0.1, -0.05) is 71.7 Å². The molecule has 7 heterocycles. The standard InChI is InChI=1S/C51H64F2N6O4Si/c1-29(2)64(30(3)4,31(5)6)26-19-35-37(52)17-15-33-13-11-14-36(39(33)35)42-41(53)43-40-45(56-47(55-43)61-28-51-20-12-24-57(51)25-23-50(51)21-22-50)58-27-34-16-18-38(44(58)32(7)62-46(40)54-42)59(34)48(60)63-49(8,9)10/h11,13-15,17,29-32,34,38,44H,12,16,18,20-25,27-28H2,1-10H3/t32-,34+,38-,44+,51?/m0/s1. The third-order valence-corrected chi connectivity index (χ3v) is 22.6. The van der Waals surface area contributed by atoms with Crippen LogP contribution in [0, 0.1) is 28.5 Å². The van der Waals surface area contributed by atoms with E-state index in [1.165, 1.54) is 25.3 Å². The van der Waals surface area contributed by atoms with Crippen LogP contribution in [-0.4, -0.2) is 101 Å². The van der Waals surface area contributed by atoms with E-state index in [2.05, 4.69) is 62.8 Å². The van der Waals surface area contributed by atoms with E-state index >= 15 is 8.78 Å².